The smallest absolute Gasteiger partial charge is 0.101 e. The molecule has 0 aliphatic heterocycles. The highest BCUT2D eigenvalue weighted by Gasteiger charge is 2.30. The van der Waals surface area contributed by atoms with E-state index in [4.69, 9.17) is 0 Å². The van der Waals surface area contributed by atoms with Gasteiger partial charge in [0.05, 0.1) is 0 Å². The SMILES string of the molecule is CC(C)(C)c1ccc(C2CC(F)C2)cc1. The molecule has 82 valence electrons. The molecule has 15 heavy (non-hydrogen) atoms. The Hall–Kier alpha value is -0.850. The summed E-state index contributed by atoms with van der Waals surface area (Å²) in [5, 5.41) is 0. The summed E-state index contributed by atoms with van der Waals surface area (Å²) >= 11 is 0. The van der Waals surface area contributed by atoms with Gasteiger partial charge in [-0.3, -0.25) is 0 Å². The molecule has 0 radical (unpaired) electrons. The molecule has 0 nitrogen and oxygen atoms in total. The fraction of sp³-hybridized carbons (Fsp3) is 0.571. The van der Waals surface area contributed by atoms with E-state index in [1.54, 1.807) is 0 Å². The standard InChI is InChI=1S/C14H19F/c1-14(2,3)12-6-4-10(5-7-12)11-8-13(15)9-11/h4-7,11,13H,8-9H2,1-3H3. The molecule has 0 N–H and O–H groups in total. The maximum Gasteiger partial charge on any atom is 0.101 e. The third-order valence-corrected chi connectivity index (χ3v) is 3.33. The van der Waals surface area contributed by atoms with Crippen LogP contribution in [0.5, 0.6) is 0 Å². The number of alkyl halides is 1. The molecule has 1 aromatic rings. The van der Waals surface area contributed by atoms with E-state index in [9.17, 15) is 4.39 Å². The first-order valence-corrected chi connectivity index (χ1v) is 5.71. The number of hydrogen-bond acceptors (Lipinski definition) is 0. The van der Waals surface area contributed by atoms with Gasteiger partial charge in [0.25, 0.3) is 0 Å². The predicted octanol–water partition coefficient (Wildman–Crippen LogP) is 4.20. The quantitative estimate of drug-likeness (QED) is 0.646. The summed E-state index contributed by atoms with van der Waals surface area (Å²) < 4.78 is 12.7. The molecule has 0 spiro atoms. The number of hydrogen-bond donors (Lipinski definition) is 0. The van der Waals surface area contributed by atoms with E-state index in [2.05, 4.69) is 45.0 Å². The molecule has 0 unspecified atom stereocenters. The van der Waals surface area contributed by atoms with E-state index < -0.39 is 6.17 Å². The lowest BCUT2D eigenvalue weighted by molar-refractivity contribution is 0.179. The summed E-state index contributed by atoms with van der Waals surface area (Å²) in [6.45, 7) is 6.63. The largest absolute Gasteiger partial charge is 0.247 e. The lowest BCUT2D eigenvalue weighted by atomic mass is 9.77. The van der Waals surface area contributed by atoms with Gasteiger partial charge in [-0.15, -0.1) is 0 Å². The Balaban J connectivity index is 2.11. The average Bonchev–Trinajstić information content (AvgIpc) is 2.12. The Kier molecular flexibility index (Phi) is 2.57. The molecule has 0 atom stereocenters. The van der Waals surface area contributed by atoms with Gasteiger partial charge in [0, 0.05) is 0 Å². The molecule has 1 aliphatic carbocycles. The molecule has 1 saturated carbocycles. The minimum Gasteiger partial charge on any atom is -0.247 e. The van der Waals surface area contributed by atoms with Crippen molar-refractivity contribution in [2.75, 3.05) is 0 Å². The lowest BCUT2D eigenvalue weighted by Crippen LogP contribution is -2.22. The lowest BCUT2D eigenvalue weighted by Gasteiger charge is -2.30. The molecule has 1 aromatic carbocycles. The van der Waals surface area contributed by atoms with Crippen LogP contribution in [0.25, 0.3) is 0 Å². The highest BCUT2D eigenvalue weighted by Crippen LogP contribution is 2.39. The summed E-state index contributed by atoms with van der Waals surface area (Å²) in [6, 6.07) is 8.69. The number of benzene rings is 1. The van der Waals surface area contributed by atoms with Gasteiger partial charge in [0.2, 0.25) is 0 Å². The second-order valence-corrected chi connectivity index (χ2v) is 5.64. The van der Waals surface area contributed by atoms with E-state index in [0.29, 0.717) is 5.92 Å². The first kappa shape index (κ1) is 10.7. The Morgan fingerprint density at radius 1 is 1.07 bits per heavy atom. The molecule has 0 aromatic heterocycles. The molecule has 0 heterocycles. The summed E-state index contributed by atoms with van der Waals surface area (Å²) in [5.74, 6) is 0.467. The minimum absolute atomic E-state index is 0.209. The van der Waals surface area contributed by atoms with Crippen molar-refractivity contribution in [2.45, 2.75) is 51.1 Å². The second-order valence-electron chi connectivity index (χ2n) is 5.64. The summed E-state index contributed by atoms with van der Waals surface area (Å²) in [5.41, 5.74) is 2.86. The van der Waals surface area contributed by atoms with Gasteiger partial charge < -0.3 is 0 Å². The molecule has 1 fully saturated rings. The predicted molar refractivity (Wildman–Crippen MR) is 62.0 cm³/mol. The Morgan fingerprint density at radius 2 is 1.60 bits per heavy atom. The van der Waals surface area contributed by atoms with Crippen LogP contribution >= 0.6 is 0 Å². The maximum atomic E-state index is 12.7. The van der Waals surface area contributed by atoms with Gasteiger partial charge >= 0.3 is 0 Å². The van der Waals surface area contributed by atoms with Crippen LogP contribution in [0.2, 0.25) is 0 Å². The molecule has 0 saturated heterocycles. The van der Waals surface area contributed by atoms with Crippen molar-refractivity contribution in [2.24, 2.45) is 0 Å². The number of rotatable bonds is 1. The molecule has 0 amide bonds. The first-order valence-electron chi connectivity index (χ1n) is 5.71. The molecule has 1 aliphatic rings. The van der Waals surface area contributed by atoms with Crippen LogP contribution < -0.4 is 0 Å². The van der Waals surface area contributed by atoms with Gasteiger partial charge in [-0.05, 0) is 35.3 Å². The van der Waals surface area contributed by atoms with E-state index in [-0.39, 0.29) is 5.41 Å². The normalized spacial score (nSPS) is 26.1. The zero-order valence-corrected chi connectivity index (χ0v) is 9.76. The van der Waals surface area contributed by atoms with Crippen LogP contribution in [0, 0.1) is 0 Å². The third kappa shape index (κ3) is 2.22. The van der Waals surface area contributed by atoms with E-state index in [0.717, 1.165) is 12.8 Å². The summed E-state index contributed by atoms with van der Waals surface area (Å²) in [7, 11) is 0. The zero-order valence-electron chi connectivity index (χ0n) is 9.76. The number of halogens is 1. The zero-order chi connectivity index (χ0) is 11.1. The molecule has 2 rings (SSSR count). The van der Waals surface area contributed by atoms with Crippen LogP contribution in [-0.2, 0) is 5.41 Å². The third-order valence-electron chi connectivity index (χ3n) is 3.33. The van der Waals surface area contributed by atoms with E-state index in [1.165, 1.54) is 11.1 Å². The minimum atomic E-state index is -0.558. The van der Waals surface area contributed by atoms with E-state index in [1.807, 2.05) is 0 Å². The van der Waals surface area contributed by atoms with Crippen molar-refractivity contribution in [3.8, 4) is 0 Å². The summed E-state index contributed by atoms with van der Waals surface area (Å²) in [6.07, 6.45) is 0.876. The molecular formula is C14H19F. The molecular weight excluding hydrogens is 187 g/mol. The Morgan fingerprint density at radius 3 is 2.00 bits per heavy atom. The fourth-order valence-corrected chi connectivity index (χ4v) is 2.08. The average molecular weight is 206 g/mol. The van der Waals surface area contributed by atoms with Crippen LogP contribution in [-0.4, -0.2) is 6.17 Å². The van der Waals surface area contributed by atoms with Gasteiger partial charge in [0.1, 0.15) is 6.17 Å². The summed E-state index contributed by atoms with van der Waals surface area (Å²) in [4.78, 5) is 0. The van der Waals surface area contributed by atoms with Gasteiger partial charge in [0.15, 0.2) is 0 Å². The van der Waals surface area contributed by atoms with Gasteiger partial charge in [-0.2, -0.15) is 0 Å². The van der Waals surface area contributed by atoms with Crippen LogP contribution in [0.4, 0.5) is 4.39 Å². The van der Waals surface area contributed by atoms with Crippen LogP contribution in [0.15, 0.2) is 24.3 Å². The van der Waals surface area contributed by atoms with Crippen LogP contribution in [0.1, 0.15) is 50.7 Å². The topological polar surface area (TPSA) is 0 Å². The Labute approximate surface area is 91.5 Å². The van der Waals surface area contributed by atoms with Crippen molar-refractivity contribution in [1.82, 2.24) is 0 Å². The first-order chi connectivity index (χ1) is 6.97. The van der Waals surface area contributed by atoms with Crippen LogP contribution in [0.3, 0.4) is 0 Å². The highest BCUT2D eigenvalue weighted by molar-refractivity contribution is 5.30. The van der Waals surface area contributed by atoms with Crippen molar-refractivity contribution in [3.63, 3.8) is 0 Å². The second kappa shape index (κ2) is 3.62. The molecule has 0 bridgehead atoms. The van der Waals surface area contributed by atoms with Crippen molar-refractivity contribution in [1.29, 1.82) is 0 Å². The monoisotopic (exact) mass is 206 g/mol. The van der Waals surface area contributed by atoms with Crippen molar-refractivity contribution in [3.05, 3.63) is 35.4 Å². The van der Waals surface area contributed by atoms with Crippen molar-refractivity contribution < 1.29 is 4.39 Å². The molecule has 1 heteroatoms. The van der Waals surface area contributed by atoms with Gasteiger partial charge in [-0.1, -0.05) is 45.0 Å². The fourth-order valence-electron chi connectivity index (χ4n) is 2.08. The van der Waals surface area contributed by atoms with Crippen molar-refractivity contribution >= 4 is 0 Å². The Bertz CT molecular complexity index is 325. The highest BCUT2D eigenvalue weighted by atomic mass is 19.1. The van der Waals surface area contributed by atoms with Gasteiger partial charge in [-0.25, -0.2) is 4.39 Å². The van der Waals surface area contributed by atoms with E-state index >= 15 is 0 Å². The maximum absolute atomic E-state index is 12.7.